The van der Waals surface area contributed by atoms with Crippen LogP contribution in [0.3, 0.4) is 0 Å². The van der Waals surface area contributed by atoms with Gasteiger partial charge < -0.3 is 19.9 Å². The molecule has 39 heavy (non-hydrogen) atoms. The van der Waals surface area contributed by atoms with E-state index in [1.54, 1.807) is 30.3 Å². The van der Waals surface area contributed by atoms with Gasteiger partial charge in [0.25, 0.3) is 11.7 Å². The summed E-state index contributed by atoms with van der Waals surface area (Å²) in [5, 5.41) is 14.9. The number of hydrogen-bond donors (Lipinski definition) is 2. The van der Waals surface area contributed by atoms with Gasteiger partial charge in [-0.2, -0.15) is 0 Å². The van der Waals surface area contributed by atoms with E-state index in [0.717, 1.165) is 16.9 Å². The fraction of sp³-hybridized carbons (Fsp3) is 0.125. The molecule has 196 valence electrons. The fourth-order valence-electron chi connectivity index (χ4n) is 4.79. The minimum absolute atomic E-state index is 0.0244. The van der Waals surface area contributed by atoms with Gasteiger partial charge in [-0.1, -0.05) is 48.0 Å². The Morgan fingerprint density at radius 2 is 1.54 bits per heavy atom. The Morgan fingerprint density at radius 3 is 2.21 bits per heavy atom. The normalized spacial score (nSPS) is 16.3. The number of Topliss-reactive ketones (excluding diaryl/α,β-unsaturated/α-hetero) is 1. The van der Waals surface area contributed by atoms with Crippen molar-refractivity contribution in [2.45, 2.75) is 13.0 Å². The van der Waals surface area contributed by atoms with Crippen molar-refractivity contribution in [3.8, 4) is 11.5 Å². The maximum Gasteiger partial charge on any atom is 0.300 e. The summed E-state index contributed by atoms with van der Waals surface area (Å²) in [6, 6.07) is 28.6. The van der Waals surface area contributed by atoms with Crippen LogP contribution in [0.4, 0.5) is 17.1 Å². The van der Waals surface area contributed by atoms with Crippen molar-refractivity contribution in [2.24, 2.45) is 0 Å². The Bertz CT molecular complexity index is 1560. The van der Waals surface area contributed by atoms with Crippen molar-refractivity contribution in [1.82, 2.24) is 0 Å². The molecule has 4 aromatic carbocycles. The second-order valence-electron chi connectivity index (χ2n) is 9.19. The van der Waals surface area contributed by atoms with Gasteiger partial charge in [-0.15, -0.1) is 0 Å². The number of nitrogens with zero attached hydrogens (tertiary/aromatic N) is 1. The highest BCUT2D eigenvalue weighted by Crippen LogP contribution is 2.44. The third-order valence-electron chi connectivity index (χ3n) is 6.67. The Hall–Kier alpha value is -5.04. The van der Waals surface area contributed by atoms with E-state index in [1.165, 1.54) is 19.1 Å². The number of carbonyl (C=O) groups excluding carboxylic acids is 2. The third-order valence-corrected chi connectivity index (χ3v) is 6.67. The number of aryl methyl sites for hydroxylation is 1. The zero-order valence-electron chi connectivity index (χ0n) is 21.8. The molecular formula is C32H28N2O5. The van der Waals surface area contributed by atoms with Gasteiger partial charge in [0, 0.05) is 17.1 Å². The minimum atomic E-state index is -0.853. The van der Waals surface area contributed by atoms with Gasteiger partial charge in [0.05, 0.1) is 31.4 Å². The topological polar surface area (TPSA) is 88.1 Å². The number of rotatable bonds is 7. The molecule has 7 nitrogen and oxygen atoms in total. The summed E-state index contributed by atoms with van der Waals surface area (Å²) in [6.07, 6.45) is 0. The van der Waals surface area contributed by atoms with Crippen molar-refractivity contribution < 1.29 is 24.2 Å². The van der Waals surface area contributed by atoms with E-state index >= 15 is 0 Å². The van der Waals surface area contributed by atoms with Gasteiger partial charge in [-0.05, 0) is 67.1 Å². The largest absolute Gasteiger partial charge is 0.507 e. The zero-order chi connectivity index (χ0) is 27.5. The summed E-state index contributed by atoms with van der Waals surface area (Å²) in [5.74, 6) is -1.02. The zero-order valence-corrected chi connectivity index (χ0v) is 21.8. The highest BCUT2D eigenvalue weighted by atomic mass is 16.5. The molecule has 7 heteroatoms. The molecule has 0 aromatic heterocycles. The molecule has 4 aromatic rings. The molecule has 5 rings (SSSR count). The van der Waals surface area contributed by atoms with E-state index in [9.17, 15) is 14.7 Å². The Labute approximate surface area is 226 Å². The maximum absolute atomic E-state index is 13.5. The van der Waals surface area contributed by atoms with Crippen molar-refractivity contribution in [3.63, 3.8) is 0 Å². The van der Waals surface area contributed by atoms with E-state index in [1.807, 2.05) is 73.7 Å². The van der Waals surface area contributed by atoms with Crippen LogP contribution in [-0.4, -0.2) is 31.0 Å². The second kappa shape index (κ2) is 10.8. The molecule has 0 saturated carbocycles. The van der Waals surface area contributed by atoms with Crippen molar-refractivity contribution in [2.75, 3.05) is 24.4 Å². The monoisotopic (exact) mass is 520 g/mol. The molecule has 1 aliphatic rings. The Balaban J connectivity index is 1.63. The Kier molecular flexibility index (Phi) is 7.06. The van der Waals surface area contributed by atoms with Crippen LogP contribution in [0.2, 0.25) is 0 Å². The van der Waals surface area contributed by atoms with E-state index in [-0.39, 0.29) is 16.9 Å². The number of para-hydroxylation sites is 1. The first-order valence-electron chi connectivity index (χ1n) is 12.4. The first-order valence-corrected chi connectivity index (χ1v) is 12.4. The first kappa shape index (κ1) is 25.6. The van der Waals surface area contributed by atoms with Gasteiger partial charge in [0.15, 0.2) is 0 Å². The lowest BCUT2D eigenvalue weighted by Gasteiger charge is -2.26. The molecule has 1 aliphatic heterocycles. The van der Waals surface area contributed by atoms with Crippen LogP contribution in [0, 0.1) is 6.92 Å². The summed E-state index contributed by atoms with van der Waals surface area (Å²) in [5.41, 5.74) is 4.17. The Morgan fingerprint density at radius 1 is 0.821 bits per heavy atom. The van der Waals surface area contributed by atoms with Gasteiger partial charge >= 0.3 is 0 Å². The van der Waals surface area contributed by atoms with E-state index in [0.29, 0.717) is 22.7 Å². The molecule has 1 heterocycles. The molecule has 2 N–H and O–H groups in total. The number of nitrogens with one attached hydrogen (secondary N) is 1. The van der Waals surface area contributed by atoms with Crippen LogP contribution in [0.5, 0.6) is 11.5 Å². The molecule has 0 bridgehead atoms. The maximum atomic E-state index is 13.5. The number of ether oxygens (including phenoxy) is 2. The van der Waals surface area contributed by atoms with Crippen molar-refractivity contribution >= 4 is 34.5 Å². The standard InChI is InChI=1S/C32H28N2O5/c1-20-8-7-9-21(18-20)29-28(30(35)26-19-25(38-2)16-17-27(26)39-3)31(36)32(37)34(29)24-14-12-23(13-15-24)33-22-10-5-4-6-11-22/h4-19,29,33,35H,1-3H3/b30-28+. The summed E-state index contributed by atoms with van der Waals surface area (Å²) >= 11 is 0. The van der Waals surface area contributed by atoms with Crippen LogP contribution in [0.25, 0.3) is 5.76 Å². The molecule has 1 fully saturated rings. The lowest BCUT2D eigenvalue weighted by Crippen LogP contribution is -2.29. The molecule has 0 spiro atoms. The van der Waals surface area contributed by atoms with Gasteiger partial charge in [0.2, 0.25) is 0 Å². The number of benzene rings is 4. The third kappa shape index (κ3) is 4.94. The van der Waals surface area contributed by atoms with Gasteiger partial charge in [0.1, 0.15) is 17.3 Å². The molecule has 1 unspecified atom stereocenters. The number of aliphatic hydroxyl groups excluding tert-OH is 1. The number of carbonyl (C=O) groups is 2. The summed E-state index contributed by atoms with van der Waals surface area (Å²) in [7, 11) is 2.98. The molecular weight excluding hydrogens is 492 g/mol. The summed E-state index contributed by atoms with van der Waals surface area (Å²) < 4.78 is 10.8. The van der Waals surface area contributed by atoms with Crippen LogP contribution in [0.1, 0.15) is 22.7 Å². The van der Waals surface area contributed by atoms with Crippen LogP contribution >= 0.6 is 0 Å². The van der Waals surface area contributed by atoms with Gasteiger partial charge in [-0.3, -0.25) is 14.5 Å². The summed E-state index contributed by atoms with van der Waals surface area (Å²) in [4.78, 5) is 28.5. The minimum Gasteiger partial charge on any atom is -0.507 e. The quantitative estimate of drug-likeness (QED) is 0.167. The average Bonchev–Trinajstić information content (AvgIpc) is 3.23. The predicted octanol–water partition coefficient (Wildman–Crippen LogP) is 6.38. The van der Waals surface area contributed by atoms with E-state index in [2.05, 4.69) is 5.32 Å². The lowest BCUT2D eigenvalue weighted by atomic mass is 9.94. The van der Waals surface area contributed by atoms with Crippen LogP contribution < -0.4 is 19.7 Å². The molecule has 1 amide bonds. The smallest absolute Gasteiger partial charge is 0.300 e. The van der Waals surface area contributed by atoms with Crippen LogP contribution in [0.15, 0.2) is 103 Å². The number of ketones is 1. The number of hydrogen-bond acceptors (Lipinski definition) is 6. The molecule has 0 radical (unpaired) electrons. The average molecular weight is 521 g/mol. The number of amides is 1. The summed E-state index contributed by atoms with van der Waals surface area (Å²) in [6.45, 7) is 1.94. The van der Waals surface area contributed by atoms with E-state index < -0.39 is 17.7 Å². The number of methoxy groups -OCH3 is 2. The van der Waals surface area contributed by atoms with E-state index in [4.69, 9.17) is 9.47 Å². The highest BCUT2D eigenvalue weighted by Gasteiger charge is 2.47. The first-order chi connectivity index (χ1) is 18.9. The predicted molar refractivity (Wildman–Crippen MR) is 152 cm³/mol. The fourth-order valence-corrected chi connectivity index (χ4v) is 4.79. The number of aliphatic hydroxyl groups is 1. The second-order valence-corrected chi connectivity index (χ2v) is 9.19. The van der Waals surface area contributed by atoms with Crippen molar-refractivity contribution in [1.29, 1.82) is 0 Å². The molecule has 1 atom stereocenters. The lowest BCUT2D eigenvalue weighted by molar-refractivity contribution is -0.132. The van der Waals surface area contributed by atoms with Crippen LogP contribution in [-0.2, 0) is 9.59 Å². The SMILES string of the molecule is COc1ccc(OC)c(/C(O)=C2\C(=O)C(=O)N(c3ccc(Nc4ccccc4)cc3)C2c2cccc(C)c2)c1. The molecule has 1 saturated heterocycles. The van der Waals surface area contributed by atoms with Gasteiger partial charge in [-0.25, -0.2) is 0 Å². The number of anilines is 3. The van der Waals surface area contributed by atoms with Crippen molar-refractivity contribution in [3.05, 3.63) is 119 Å². The highest BCUT2D eigenvalue weighted by molar-refractivity contribution is 6.51. The molecule has 0 aliphatic carbocycles.